The molecule has 0 bridgehead atoms. The van der Waals surface area contributed by atoms with E-state index in [1.54, 1.807) is 0 Å². The Morgan fingerprint density at radius 1 is 1.13 bits per heavy atom. The molecule has 3 aromatic rings. The average Bonchev–Trinajstić information content (AvgIpc) is 3.08. The number of hydrogen-bond donors (Lipinski definition) is 0. The van der Waals surface area contributed by atoms with Crippen LogP contribution in [0.25, 0.3) is 11.8 Å². The number of nitriles is 1. The molecule has 0 aliphatic heterocycles. The van der Waals surface area contributed by atoms with E-state index in [0.29, 0.717) is 0 Å². The van der Waals surface area contributed by atoms with Crippen LogP contribution in [0.1, 0.15) is 22.5 Å². The van der Waals surface area contributed by atoms with Crippen molar-refractivity contribution in [2.45, 2.75) is 20.5 Å². The SMILES string of the molecule is Cc1cc(C)n(-c2ccc(COC(=O)/C(C#N)=C/c3ccc(N(C)C)cc3)cc2)n1. The van der Waals surface area contributed by atoms with E-state index in [1.807, 2.05) is 98.2 Å². The lowest BCUT2D eigenvalue weighted by Crippen LogP contribution is -2.08. The summed E-state index contributed by atoms with van der Waals surface area (Å²) >= 11 is 0. The maximum Gasteiger partial charge on any atom is 0.349 e. The number of anilines is 1. The number of ether oxygens (including phenoxy) is 1. The van der Waals surface area contributed by atoms with Crippen molar-refractivity contribution in [3.8, 4) is 11.8 Å². The van der Waals surface area contributed by atoms with Crippen molar-refractivity contribution in [3.63, 3.8) is 0 Å². The molecule has 0 radical (unpaired) electrons. The molecule has 0 amide bonds. The number of carbonyl (C=O) groups excluding carboxylic acids is 1. The highest BCUT2D eigenvalue weighted by molar-refractivity contribution is 5.97. The highest BCUT2D eigenvalue weighted by atomic mass is 16.5. The second-order valence-electron chi connectivity index (χ2n) is 7.24. The largest absolute Gasteiger partial charge is 0.457 e. The van der Waals surface area contributed by atoms with Gasteiger partial charge in [0.25, 0.3) is 0 Å². The molecule has 0 atom stereocenters. The lowest BCUT2D eigenvalue weighted by Gasteiger charge is -2.11. The van der Waals surface area contributed by atoms with Gasteiger partial charge in [-0.15, -0.1) is 0 Å². The monoisotopic (exact) mass is 400 g/mol. The molecule has 0 aliphatic rings. The molecule has 0 saturated heterocycles. The second-order valence-corrected chi connectivity index (χ2v) is 7.24. The Bertz CT molecular complexity index is 1100. The predicted molar refractivity (Wildman–Crippen MR) is 117 cm³/mol. The van der Waals surface area contributed by atoms with Gasteiger partial charge in [0, 0.05) is 25.5 Å². The summed E-state index contributed by atoms with van der Waals surface area (Å²) in [6.45, 7) is 4.04. The van der Waals surface area contributed by atoms with E-state index >= 15 is 0 Å². The van der Waals surface area contributed by atoms with Crippen molar-refractivity contribution in [2.24, 2.45) is 0 Å². The molecule has 3 rings (SSSR count). The van der Waals surface area contributed by atoms with Gasteiger partial charge in [0.1, 0.15) is 18.2 Å². The van der Waals surface area contributed by atoms with E-state index in [0.717, 1.165) is 33.9 Å². The molecule has 1 heterocycles. The Labute approximate surface area is 176 Å². The van der Waals surface area contributed by atoms with Crippen molar-refractivity contribution >= 4 is 17.7 Å². The molecular formula is C24H24N4O2. The van der Waals surface area contributed by atoms with Gasteiger partial charge in [0.05, 0.1) is 11.4 Å². The summed E-state index contributed by atoms with van der Waals surface area (Å²) < 4.78 is 7.19. The van der Waals surface area contributed by atoms with Crippen molar-refractivity contribution in [2.75, 3.05) is 19.0 Å². The summed E-state index contributed by atoms with van der Waals surface area (Å²) in [5, 5.41) is 13.8. The number of benzene rings is 2. The van der Waals surface area contributed by atoms with E-state index in [-0.39, 0.29) is 12.2 Å². The number of nitrogens with zero attached hydrogens (tertiary/aromatic N) is 4. The number of rotatable bonds is 6. The fourth-order valence-electron chi connectivity index (χ4n) is 3.02. The summed E-state index contributed by atoms with van der Waals surface area (Å²) in [5.41, 5.74) is 5.55. The Morgan fingerprint density at radius 2 is 1.80 bits per heavy atom. The maximum absolute atomic E-state index is 12.3. The molecule has 0 unspecified atom stereocenters. The molecule has 6 heteroatoms. The van der Waals surface area contributed by atoms with Gasteiger partial charge in [-0.3, -0.25) is 0 Å². The van der Waals surface area contributed by atoms with E-state index in [1.165, 1.54) is 6.08 Å². The second kappa shape index (κ2) is 9.10. The number of aromatic nitrogens is 2. The predicted octanol–water partition coefficient (Wildman–Crippen LogP) is 4.21. The Balaban J connectivity index is 1.65. The van der Waals surface area contributed by atoms with E-state index in [2.05, 4.69) is 5.10 Å². The van der Waals surface area contributed by atoms with Gasteiger partial charge >= 0.3 is 5.97 Å². The Morgan fingerprint density at radius 3 is 2.33 bits per heavy atom. The van der Waals surface area contributed by atoms with Gasteiger partial charge in [-0.2, -0.15) is 10.4 Å². The first-order chi connectivity index (χ1) is 14.4. The van der Waals surface area contributed by atoms with Crippen molar-refractivity contribution in [3.05, 3.63) is 82.7 Å². The van der Waals surface area contributed by atoms with Crippen LogP contribution in [0.3, 0.4) is 0 Å². The minimum atomic E-state index is -0.642. The fourth-order valence-corrected chi connectivity index (χ4v) is 3.02. The van der Waals surface area contributed by atoms with E-state index < -0.39 is 5.97 Å². The summed E-state index contributed by atoms with van der Waals surface area (Å²) in [5.74, 6) is -0.642. The minimum absolute atomic E-state index is 0.0353. The molecule has 0 aliphatic carbocycles. The summed E-state index contributed by atoms with van der Waals surface area (Å²) in [6, 6.07) is 19.1. The zero-order valence-corrected chi connectivity index (χ0v) is 17.6. The average molecular weight is 400 g/mol. The highest BCUT2D eigenvalue weighted by Gasteiger charge is 2.11. The highest BCUT2D eigenvalue weighted by Crippen LogP contribution is 2.16. The normalized spacial score (nSPS) is 11.1. The molecule has 152 valence electrons. The molecule has 30 heavy (non-hydrogen) atoms. The number of esters is 1. The Kier molecular flexibility index (Phi) is 6.33. The van der Waals surface area contributed by atoms with E-state index in [4.69, 9.17) is 4.74 Å². The van der Waals surface area contributed by atoms with Crippen LogP contribution in [0.4, 0.5) is 5.69 Å². The third kappa shape index (κ3) is 4.95. The fraction of sp³-hybridized carbons (Fsp3) is 0.208. The summed E-state index contributed by atoms with van der Waals surface area (Å²) in [4.78, 5) is 14.3. The molecule has 6 nitrogen and oxygen atoms in total. The first-order valence-corrected chi connectivity index (χ1v) is 9.56. The topological polar surface area (TPSA) is 71.2 Å². The van der Waals surface area contributed by atoms with Gasteiger partial charge in [0.15, 0.2) is 0 Å². The smallest absolute Gasteiger partial charge is 0.349 e. The lowest BCUT2D eigenvalue weighted by atomic mass is 10.1. The molecular weight excluding hydrogens is 376 g/mol. The van der Waals surface area contributed by atoms with Gasteiger partial charge in [-0.1, -0.05) is 24.3 Å². The van der Waals surface area contributed by atoms with Crippen LogP contribution in [-0.2, 0) is 16.1 Å². The first-order valence-electron chi connectivity index (χ1n) is 9.56. The first kappa shape index (κ1) is 20.9. The third-order valence-electron chi connectivity index (χ3n) is 4.62. The minimum Gasteiger partial charge on any atom is -0.457 e. The van der Waals surface area contributed by atoms with Crippen LogP contribution in [0.2, 0.25) is 0 Å². The van der Waals surface area contributed by atoms with Crippen LogP contribution < -0.4 is 4.90 Å². The van der Waals surface area contributed by atoms with E-state index in [9.17, 15) is 10.1 Å². The molecule has 0 N–H and O–H groups in total. The van der Waals surface area contributed by atoms with Crippen LogP contribution in [-0.4, -0.2) is 29.8 Å². The number of aryl methyl sites for hydroxylation is 2. The van der Waals surface area contributed by atoms with Crippen molar-refractivity contribution in [1.29, 1.82) is 5.26 Å². The van der Waals surface area contributed by atoms with Gasteiger partial charge in [-0.25, -0.2) is 9.48 Å². The molecule has 0 fully saturated rings. The lowest BCUT2D eigenvalue weighted by molar-refractivity contribution is -0.139. The number of carbonyl (C=O) groups is 1. The van der Waals surface area contributed by atoms with Crippen LogP contribution in [0.5, 0.6) is 0 Å². The zero-order valence-electron chi connectivity index (χ0n) is 17.6. The zero-order chi connectivity index (χ0) is 21.7. The molecule has 1 aromatic heterocycles. The standard InChI is InChI=1S/C24H24N4O2/c1-17-13-18(2)28(26-17)23-11-7-20(8-12-23)16-30-24(29)21(15-25)14-19-5-9-22(10-6-19)27(3)4/h5-14H,16H2,1-4H3/b21-14+. The van der Waals surface area contributed by atoms with Crippen LogP contribution in [0.15, 0.2) is 60.2 Å². The molecule has 2 aromatic carbocycles. The van der Waals surface area contributed by atoms with Crippen LogP contribution in [0, 0.1) is 25.2 Å². The molecule has 0 saturated carbocycles. The van der Waals surface area contributed by atoms with Gasteiger partial charge in [-0.05, 0) is 61.4 Å². The summed E-state index contributed by atoms with van der Waals surface area (Å²) in [7, 11) is 3.90. The van der Waals surface area contributed by atoms with Crippen molar-refractivity contribution in [1.82, 2.24) is 9.78 Å². The van der Waals surface area contributed by atoms with Gasteiger partial charge < -0.3 is 9.64 Å². The number of hydrogen-bond acceptors (Lipinski definition) is 5. The summed E-state index contributed by atoms with van der Waals surface area (Å²) in [6.07, 6.45) is 1.54. The van der Waals surface area contributed by atoms with Gasteiger partial charge in [0.2, 0.25) is 0 Å². The third-order valence-corrected chi connectivity index (χ3v) is 4.62. The van der Waals surface area contributed by atoms with Crippen molar-refractivity contribution < 1.29 is 9.53 Å². The quantitative estimate of drug-likeness (QED) is 0.352. The maximum atomic E-state index is 12.3. The molecule has 0 spiro atoms. The Hall–Kier alpha value is -3.85. The van der Waals surface area contributed by atoms with Crippen LogP contribution >= 0.6 is 0 Å².